The van der Waals surface area contributed by atoms with Gasteiger partial charge in [-0.1, -0.05) is 30.3 Å². The number of cyclic esters (lactones) is 2. The van der Waals surface area contributed by atoms with Crippen molar-refractivity contribution in [1.82, 2.24) is 4.90 Å². The molecule has 0 radical (unpaired) electrons. The van der Waals surface area contributed by atoms with E-state index in [1.54, 1.807) is 0 Å². The van der Waals surface area contributed by atoms with E-state index in [4.69, 9.17) is 4.74 Å². The standard InChI is InChI=1S/C13H13NO5/c1-14-10(12(16)19-13(14)17)7-11(15)18-8-9-5-3-2-4-6-9/h2-6,10H,7-8H2,1H3. The van der Waals surface area contributed by atoms with Crippen LogP contribution in [0.1, 0.15) is 12.0 Å². The number of hydrogen-bond acceptors (Lipinski definition) is 5. The van der Waals surface area contributed by atoms with Gasteiger partial charge in [0, 0.05) is 7.05 Å². The first kappa shape index (κ1) is 13.1. The Hall–Kier alpha value is -2.37. The van der Waals surface area contributed by atoms with Crippen molar-refractivity contribution < 1.29 is 23.9 Å². The van der Waals surface area contributed by atoms with Crippen molar-refractivity contribution in [1.29, 1.82) is 0 Å². The summed E-state index contributed by atoms with van der Waals surface area (Å²) in [6.07, 6.45) is -0.945. The van der Waals surface area contributed by atoms with Gasteiger partial charge in [-0.3, -0.25) is 9.69 Å². The second kappa shape index (κ2) is 5.51. The van der Waals surface area contributed by atoms with E-state index < -0.39 is 24.1 Å². The molecule has 19 heavy (non-hydrogen) atoms. The predicted molar refractivity (Wildman–Crippen MR) is 63.9 cm³/mol. The van der Waals surface area contributed by atoms with Gasteiger partial charge >= 0.3 is 18.0 Å². The minimum absolute atomic E-state index is 0.138. The van der Waals surface area contributed by atoms with Crippen LogP contribution in [0.4, 0.5) is 4.79 Å². The molecule has 1 saturated heterocycles. The van der Waals surface area contributed by atoms with Gasteiger partial charge in [-0.05, 0) is 5.56 Å². The molecule has 1 aliphatic heterocycles. The van der Waals surface area contributed by atoms with Gasteiger partial charge in [-0.2, -0.15) is 0 Å². The van der Waals surface area contributed by atoms with Crippen LogP contribution in [0.5, 0.6) is 0 Å². The third-order valence-electron chi connectivity index (χ3n) is 2.82. The van der Waals surface area contributed by atoms with E-state index in [9.17, 15) is 14.4 Å². The Balaban J connectivity index is 1.85. The molecule has 1 unspecified atom stereocenters. The molecule has 0 spiro atoms. The van der Waals surface area contributed by atoms with Crippen molar-refractivity contribution in [3.05, 3.63) is 35.9 Å². The lowest BCUT2D eigenvalue weighted by atomic mass is 10.2. The lowest BCUT2D eigenvalue weighted by molar-refractivity contribution is -0.149. The lowest BCUT2D eigenvalue weighted by Crippen LogP contribution is -2.33. The first-order valence-electron chi connectivity index (χ1n) is 5.76. The monoisotopic (exact) mass is 263 g/mol. The molecule has 2 rings (SSSR count). The topological polar surface area (TPSA) is 72.9 Å². The third kappa shape index (κ3) is 3.09. The van der Waals surface area contributed by atoms with E-state index >= 15 is 0 Å². The fourth-order valence-electron chi connectivity index (χ4n) is 1.69. The average molecular weight is 263 g/mol. The van der Waals surface area contributed by atoms with Crippen LogP contribution in [0, 0.1) is 0 Å². The zero-order valence-corrected chi connectivity index (χ0v) is 10.4. The highest BCUT2D eigenvalue weighted by Crippen LogP contribution is 2.15. The van der Waals surface area contributed by atoms with Crippen molar-refractivity contribution in [3.8, 4) is 0 Å². The van der Waals surface area contributed by atoms with Crippen molar-refractivity contribution in [3.63, 3.8) is 0 Å². The van der Waals surface area contributed by atoms with Gasteiger partial charge in [0.1, 0.15) is 12.6 Å². The highest BCUT2D eigenvalue weighted by Gasteiger charge is 2.40. The molecule has 1 atom stereocenters. The van der Waals surface area contributed by atoms with Crippen LogP contribution >= 0.6 is 0 Å². The number of carbonyl (C=O) groups excluding carboxylic acids is 3. The molecule has 0 bridgehead atoms. The van der Waals surface area contributed by atoms with E-state index in [0.29, 0.717) is 0 Å². The van der Waals surface area contributed by atoms with Gasteiger partial charge in [-0.25, -0.2) is 9.59 Å². The van der Waals surface area contributed by atoms with E-state index in [0.717, 1.165) is 10.5 Å². The van der Waals surface area contributed by atoms with E-state index in [2.05, 4.69) is 4.74 Å². The first-order chi connectivity index (χ1) is 9.08. The summed E-state index contributed by atoms with van der Waals surface area (Å²) < 4.78 is 9.43. The smallest absolute Gasteiger partial charge is 0.418 e. The molecule has 1 aromatic rings. The SMILES string of the molecule is CN1C(=O)OC(=O)C1CC(=O)OCc1ccccc1. The minimum atomic E-state index is -0.893. The summed E-state index contributed by atoms with van der Waals surface area (Å²) in [6.45, 7) is 0.138. The van der Waals surface area contributed by atoms with Gasteiger partial charge in [0.05, 0.1) is 6.42 Å². The Morgan fingerprint density at radius 1 is 1.32 bits per heavy atom. The molecular weight excluding hydrogens is 250 g/mol. The Bertz CT molecular complexity index is 499. The van der Waals surface area contributed by atoms with Crippen molar-refractivity contribution in [2.45, 2.75) is 19.1 Å². The number of amides is 1. The van der Waals surface area contributed by atoms with Crippen molar-refractivity contribution in [2.75, 3.05) is 7.05 Å². The van der Waals surface area contributed by atoms with Crippen LogP contribution < -0.4 is 0 Å². The zero-order chi connectivity index (χ0) is 13.8. The highest BCUT2D eigenvalue weighted by atomic mass is 16.6. The Morgan fingerprint density at radius 2 is 2.00 bits per heavy atom. The number of carbonyl (C=O) groups is 3. The molecule has 1 heterocycles. The molecular formula is C13H13NO5. The number of likely N-dealkylation sites (N-methyl/N-ethyl adjacent to an activating group) is 1. The summed E-state index contributed by atoms with van der Waals surface area (Å²) in [5.74, 6) is -1.27. The predicted octanol–water partition coefficient (Wildman–Crippen LogP) is 1.10. The molecule has 1 fully saturated rings. The van der Waals surface area contributed by atoms with Crippen LogP contribution in [0.15, 0.2) is 30.3 Å². The molecule has 0 aromatic heterocycles. The highest BCUT2D eigenvalue weighted by molar-refractivity contribution is 5.97. The quantitative estimate of drug-likeness (QED) is 0.600. The molecule has 1 amide bonds. The maximum absolute atomic E-state index is 11.6. The van der Waals surface area contributed by atoms with Gasteiger partial charge in [0.15, 0.2) is 0 Å². The van der Waals surface area contributed by atoms with Crippen molar-refractivity contribution in [2.24, 2.45) is 0 Å². The van der Waals surface area contributed by atoms with E-state index in [-0.39, 0.29) is 13.0 Å². The lowest BCUT2D eigenvalue weighted by Gasteiger charge is -2.13. The van der Waals surface area contributed by atoms with E-state index in [1.807, 2.05) is 30.3 Å². The largest absolute Gasteiger partial charge is 0.461 e. The number of rotatable bonds is 4. The number of nitrogens with zero attached hydrogens (tertiary/aromatic N) is 1. The maximum atomic E-state index is 11.6. The summed E-state index contributed by atoms with van der Waals surface area (Å²) in [7, 11) is 1.41. The summed E-state index contributed by atoms with van der Waals surface area (Å²) in [4.78, 5) is 35.1. The summed E-state index contributed by atoms with van der Waals surface area (Å²) in [5, 5.41) is 0. The number of hydrogen-bond donors (Lipinski definition) is 0. The summed E-state index contributed by atoms with van der Waals surface area (Å²) >= 11 is 0. The fraction of sp³-hybridized carbons (Fsp3) is 0.308. The number of ether oxygens (including phenoxy) is 2. The normalized spacial score (nSPS) is 18.4. The van der Waals surface area contributed by atoms with E-state index in [1.165, 1.54) is 7.05 Å². The van der Waals surface area contributed by atoms with Gasteiger partial charge < -0.3 is 9.47 Å². The molecule has 1 aromatic carbocycles. The Morgan fingerprint density at radius 3 is 2.58 bits per heavy atom. The molecule has 0 saturated carbocycles. The van der Waals surface area contributed by atoms with Crippen LogP contribution in [-0.2, 0) is 25.7 Å². The maximum Gasteiger partial charge on any atom is 0.418 e. The Kier molecular flexibility index (Phi) is 3.79. The van der Waals surface area contributed by atoms with Crippen LogP contribution in [-0.4, -0.2) is 36.0 Å². The average Bonchev–Trinajstić information content (AvgIpc) is 2.64. The van der Waals surface area contributed by atoms with Gasteiger partial charge in [0.25, 0.3) is 0 Å². The second-order valence-electron chi connectivity index (χ2n) is 4.16. The van der Waals surface area contributed by atoms with Crippen LogP contribution in [0.2, 0.25) is 0 Å². The number of esters is 2. The first-order valence-corrected chi connectivity index (χ1v) is 5.76. The second-order valence-corrected chi connectivity index (χ2v) is 4.16. The number of benzene rings is 1. The molecule has 6 nitrogen and oxygen atoms in total. The molecule has 0 aliphatic carbocycles. The third-order valence-corrected chi connectivity index (χ3v) is 2.82. The van der Waals surface area contributed by atoms with Crippen LogP contribution in [0.3, 0.4) is 0 Å². The molecule has 6 heteroatoms. The minimum Gasteiger partial charge on any atom is -0.461 e. The van der Waals surface area contributed by atoms with Gasteiger partial charge in [0.2, 0.25) is 0 Å². The van der Waals surface area contributed by atoms with Gasteiger partial charge in [-0.15, -0.1) is 0 Å². The van der Waals surface area contributed by atoms with Crippen molar-refractivity contribution >= 4 is 18.0 Å². The van der Waals surface area contributed by atoms with Crippen LogP contribution in [0.25, 0.3) is 0 Å². The fourth-order valence-corrected chi connectivity index (χ4v) is 1.69. The Labute approximate surface area is 109 Å². The molecule has 1 aliphatic rings. The molecule has 0 N–H and O–H groups in total. The molecule has 100 valence electrons. The zero-order valence-electron chi connectivity index (χ0n) is 10.4. The summed E-state index contributed by atoms with van der Waals surface area (Å²) in [6, 6.07) is 8.30. The summed E-state index contributed by atoms with van der Waals surface area (Å²) in [5.41, 5.74) is 0.856.